The zero-order valence-electron chi connectivity index (χ0n) is 14.9. The Labute approximate surface area is 167 Å². The van der Waals surface area contributed by atoms with E-state index in [1.165, 1.54) is 5.56 Å². The summed E-state index contributed by atoms with van der Waals surface area (Å²) in [5.41, 5.74) is 7.38. The topological polar surface area (TPSA) is 56.3 Å². The zero-order chi connectivity index (χ0) is 16.4. The molecule has 7 heteroatoms. The van der Waals surface area contributed by atoms with E-state index in [0.29, 0.717) is 0 Å². The number of aromatic nitrogens is 2. The van der Waals surface area contributed by atoms with Crippen molar-refractivity contribution in [3.63, 3.8) is 0 Å². The van der Waals surface area contributed by atoms with Gasteiger partial charge in [-0.1, -0.05) is 30.3 Å². The first-order valence-electron chi connectivity index (χ1n) is 8.88. The van der Waals surface area contributed by atoms with E-state index in [2.05, 4.69) is 51.0 Å². The highest BCUT2D eigenvalue weighted by molar-refractivity contribution is 5.85. The third-order valence-electron chi connectivity index (χ3n) is 5.37. The molecule has 0 radical (unpaired) electrons. The number of ether oxygens (including phenoxy) is 1. The number of piperidine rings is 1. The number of hydrogen-bond acceptors (Lipinski definition) is 4. The molecule has 144 valence electrons. The summed E-state index contributed by atoms with van der Waals surface area (Å²) in [6, 6.07) is 10.8. The number of imidazole rings is 1. The van der Waals surface area contributed by atoms with Crippen LogP contribution >= 0.6 is 24.8 Å². The number of rotatable bonds is 4. The van der Waals surface area contributed by atoms with Crippen LogP contribution in [0.5, 0.6) is 0 Å². The number of nitrogens with zero attached hydrogens (tertiary/aromatic N) is 3. The predicted molar refractivity (Wildman–Crippen MR) is 108 cm³/mol. The lowest BCUT2D eigenvalue weighted by atomic mass is 9.87. The van der Waals surface area contributed by atoms with Gasteiger partial charge in [0, 0.05) is 38.1 Å². The largest absolute Gasteiger partial charge is 0.373 e. The fourth-order valence-electron chi connectivity index (χ4n) is 3.96. The second-order valence-electron chi connectivity index (χ2n) is 7.19. The van der Waals surface area contributed by atoms with Crippen LogP contribution in [0.4, 0.5) is 0 Å². The van der Waals surface area contributed by atoms with E-state index in [1.54, 1.807) is 0 Å². The van der Waals surface area contributed by atoms with Gasteiger partial charge in [0.25, 0.3) is 0 Å². The van der Waals surface area contributed by atoms with Crippen molar-refractivity contribution in [3.05, 3.63) is 54.1 Å². The Morgan fingerprint density at radius 3 is 2.50 bits per heavy atom. The van der Waals surface area contributed by atoms with Gasteiger partial charge in [0.1, 0.15) is 5.82 Å². The summed E-state index contributed by atoms with van der Waals surface area (Å²) in [5.74, 6) is 1.14. The highest BCUT2D eigenvalue weighted by atomic mass is 35.5. The quantitative estimate of drug-likeness (QED) is 0.859. The Bertz CT molecular complexity index is 671. The minimum absolute atomic E-state index is 0. The summed E-state index contributed by atoms with van der Waals surface area (Å²) in [5, 5.41) is 0. The van der Waals surface area contributed by atoms with Crippen LogP contribution in [-0.2, 0) is 17.8 Å². The monoisotopic (exact) mass is 398 g/mol. The van der Waals surface area contributed by atoms with Crippen molar-refractivity contribution < 1.29 is 4.74 Å². The number of likely N-dealkylation sites (tertiary alicyclic amines) is 1. The molecular formula is C19H28Cl2N4O. The second-order valence-corrected chi connectivity index (χ2v) is 7.19. The van der Waals surface area contributed by atoms with Crippen LogP contribution < -0.4 is 5.73 Å². The van der Waals surface area contributed by atoms with E-state index >= 15 is 0 Å². The Hall–Kier alpha value is -1.11. The molecule has 2 fully saturated rings. The minimum Gasteiger partial charge on any atom is -0.373 e. The molecule has 2 saturated heterocycles. The van der Waals surface area contributed by atoms with Gasteiger partial charge >= 0.3 is 0 Å². The Balaban J connectivity index is 0.00000121. The highest BCUT2D eigenvalue weighted by Gasteiger charge is 2.41. The molecule has 1 aromatic carbocycles. The van der Waals surface area contributed by atoms with E-state index in [-0.39, 0.29) is 36.5 Å². The van der Waals surface area contributed by atoms with Crippen LogP contribution in [0.3, 0.4) is 0 Å². The molecule has 2 aliphatic rings. The van der Waals surface area contributed by atoms with Crippen molar-refractivity contribution in [1.82, 2.24) is 14.5 Å². The summed E-state index contributed by atoms with van der Waals surface area (Å²) in [6.07, 6.45) is 7.17. The Kier molecular flexibility index (Phi) is 7.50. The molecule has 0 bridgehead atoms. The SMILES string of the molecule is Cl.Cl.NC1COC2(CCN(Cc3nccn3Cc3ccccc3)CC2)C1. The first-order valence-corrected chi connectivity index (χ1v) is 8.88. The summed E-state index contributed by atoms with van der Waals surface area (Å²) in [4.78, 5) is 7.07. The van der Waals surface area contributed by atoms with Gasteiger partial charge in [0.15, 0.2) is 0 Å². The van der Waals surface area contributed by atoms with Crippen molar-refractivity contribution in [2.75, 3.05) is 19.7 Å². The summed E-state index contributed by atoms with van der Waals surface area (Å²) < 4.78 is 8.26. The molecular weight excluding hydrogens is 371 g/mol. The third kappa shape index (κ3) is 4.78. The van der Waals surface area contributed by atoms with E-state index in [9.17, 15) is 0 Å². The van der Waals surface area contributed by atoms with Crippen molar-refractivity contribution in [1.29, 1.82) is 0 Å². The zero-order valence-corrected chi connectivity index (χ0v) is 16.6. The fraction of sp³-hybridized carbons (Fsp3) is 0.526. The molecule has 0 saturated carbocycles. The molecule has 0 amide bonds. The summed E-state index contributed by atoms with van der Waals surface area (Å²) in [6.45, 7) is 4.63. The van der Waals surface area contributed by atoms with Crippen LogP contribution in [0, 0.1) is 0 Å². The van der Waals surface area contributed by atoms with Gasteiger partial charge in [-0.3, -0.25) is 4.90 Å². The summed E-state index contributed by atoms with van der Waals surface area (Å²) >= 11 is 0. The molecule has 4 rings (SSSR count). The van der Waals surface area contributed by atoms with Crippen molar-refractivity contribution in [3.8, 4) is 0 Å². The maximum absolute atomic E-state index is 6.03. The average Bonchev–Trinajstić information content (AvgIpc) is 3.18. The van der Waals surface area contributed by atoms with E-state index in [1.807, 2.05) is 6.20 Å². The molecule has 1 unspecified atom stereocenters. The first-order chi connectivity index (χ1) is 11.7. The van der Waals surface area contributed by atoms with Crippen molar-refractivity contribution in [2.24, 2.45) is 5.73 Å². The van der Waals surface area contributed by atoms with Crippen molar-refractivity contribution in [2.45, 2.75) is 44.0 Å². The predicted octanol–water partition coefficient (Wildman–Crippen LogP) is 2.86. The number of benzene rings is 1. The molecule has 3 heterocycles. The molecule has 1 atom stereocenters. The van der Waals surface area contributed by atoms with E-state index in [0.717, 1.165) is 57.9 Å². The molecule has 1 spiro atoms. The van der Waals surface area contributed by atoms with Gasteiger partial charge in [-0.25, -0.2) is 4.98 Å². The van der Waals surface area contributed by atoms with Crippen LogP contribution in [0.1, 0.15) is 30.7 Å². The van der Waals surface area contributed by atoms with Crippen LogP contribution in [-0.4, -0.2) is 45.8 Å². The van der Waals surface area contributed by atoms with Gasteiger partial charge in [-0.15, -0.1) is 24.8 Å². The van der Waals surface area contributed by atoms with Gasteiger partial charge in [-0.2, -0.15) is 0 Å². The molecule has 26 heavy (non-hydrogen) atoms. The smallest absolute Gasteiger partial charge is 0.123 e. The minimum atomic E-state index is 0. The van der Waals surface area contributed by atoms with E-state index in [4.69, 9.17) is 10.5 Å². The van der Waals surface area contributed by atoms with Crippen LogP contribution in [0.25, 0.3) is 0 Å². The number of nitrogens with two attached hydrogens (primary N) is 1. The van der Waals surface area contributed by atoms with Gasteiger partial charge < -0.3 is 15.0 Å². The standard InChI is InChI=1S/C19H26N4O.2ClH/c20-17-12-19(24-15-17)6-9-22(10-7-19)14-18-21-8-11-23(18)13-16-4-2-1-3-5-16;;/h1-5,8,11,17H,6-7,9-10,12-15,20H2;2*1H. The molecule has 0 aliphatic carbocycles. The number of halogens is 2. The van der Waals surface area contributed by atoms with Crippen LogP contribution in [0.15, 0.2) is 42.7 Å². The first kappa shape index (κ1) is 21.2. The Morgan fingerprint density at radius 1 is 1.12 bits per heavy atom. The summed E-state index contributed by atoms with van der Waals surface area (Å²) in [7, 11) is 0. The maximum atomic E-state index is 6.03. The lowest BCUT2D eigenvalue weighted by Gasteiger charge is -2.38. The molecule has 1 aromatic heterocycles. The van der Waals surface area contributed by atoms with Crippen molar-refractivity contribution >= 4 is 24.8 Å². The maximum Gasteiger partial charge on any atom is 0.123 e. The van der Waals surface area contributed by atoms with Crippen LogP contribution in [0.2, 0.25) is 0 Å². The second kappa shape index (κ2) is 9.20. The molecule has 2 N–H and O–H groups in total. The Morgan fingerprint density at radius 2 is 1.85 bits per heavy atom. The van der Waals surface area contributed by atoms with Gasteiger partial charge in [0.05, 0.1) is 18.8 Å². The van der Waals surface area contributed by atoms with Gasteiger partial charge in [0.2, 0.25) is 0 Å². The highest BCUT2D eigenvalue weighted by Crippen LogP contribution is 2.35. The average molecular weight is 399 g/mol. The molecule has 2 aliphatic heterocycles. The lowest BCUT2D eigenvalue weighted by molar-refractivity contribution is -0.0453. The number of hydrogen-bond donors (Lipinski definition) is 1. The lowest BCUT2D eigenvalue weighted by Crippen LogP contribution is -2.44. The fourth-order valence-corrected chi connectivity index (χ4v) is 3.96. The molecule has 5 nitrogen and oxygen atoms in total. The normalized spacial score (nSPS) is 22.0. The third-order valence-corrected chi connectivity index (χ3v) is 5.37. The van der Waals surface area contributed by atoms with Gasteiger partial charge in [-0.05, 0) is 24.8 Å². The van der Waals surface area contributed by atoms with E-state index < -0.39 is 0 Å². The molecule has 2 aromatic rings.